The number of hydrogen-bond acceptors (Lipinski definition) is 4. The lowest BCUT2D eigenvalue weighted by molar-refractivity contribution is -0.128. The molecule has 96 valence electrons. The average Bonchev–Trinajstić information content (AvgIpc) is 2.36. The van der Waals surface area contributed by atoms with Crippen LogP contribution in [0.3, 0.4) is 0 Å². The molecule has 0 heterocycles. The molecule has 0 aliphatic carbocycles. The van der Waals surface area contributed by atoms with E-state index >= 15 is 0 Å². The lowest BCUT2D eigenvalue weighted by atomic mass is 9.92. The number of amides is 1. The van der Waals surface area contributed by atoms with Crippen LogP contribution in [0, 0.1) is 16.7 Å². The number of nitrogens with two attached hydrogens (primary N) is 1. The van der Waals surface area contributed by atoms with Crippen LogP contribution < -0.4 is 16.4 Å². The van der Waals surface area contributed by atoms with Gasteiger partial charge in [0.15, 0.2) is 0 Å². The van der Waals surface area contributed by atoms with Crippen molar-refractivity contribution >= 4 is 17.3 Å². The molecule has 0 saturated heterocycles. The van der Waals surface area contributed by atoms with Gasteiger partial charge >= 0.3 is 0 Å². The zero-order valence-electron chi connectivity index (χ0n) is 10.9. The Kier molecular flexibility index (Phi) is 4.16. The quantitative estimate of drug-likeness (QED) is 0.699. The summed E-state index contributed by atoms with van der Waals surface area (Å²) in [5.41, 5.74) is 6.76. The Morgan fingerprint density at radius 1 is 1.50 bits per heavy atom. The summed E-state index contributed by atoms with van der Waals surface area (Å²) in [6, 6.07) is 7.14. The molecule has 0 saturated carbocycles. The SMILES string of the molecule is CNC(=O)C(C)(C)CNc1ccc(N)cc1C#N. The van der Waals surface area contributed by atoms with Crippen molar-refractivity contribution in [2.24, 2.45) is 5.41 Å². The fourth-order valence-corrected chi connectivity index (χ4v) is 1.54. The topological polar surface area (TPSA) is 90.9 Å². The predicted octanol–water partition coefficient (Wildman–Crippen LogP) is 1.32. The van der Waals surface area contributed by atoms with E-state index in [4.69, 9.17) is 11.0 Å². The van der Waals surface area contributed by atoms with E-state index in [0.29, 0.717) is 23.5 Å². The molecule has 0 fully saturated rings. The molecular weight excluding hydrogens is 228 g/mol. The molecule has 18 heavy (non-hydrogen) atoms. The van der Waals surface area contributed by atoms with Gasteiger partial charge in [-0.3, -0.25) is 4.79 Å². The minimum Gasteiger partial charge on any atom is -0.399 e. The normalized spacial score (nSPS) is 10.6. The zero-order valence-corrected chi connectivity index (χ0v) is 10.9. The molecule has 0 aromatic heterocycles. The minimum atomic E-state index is -0.553. The van der Waals surface area contributed by atoms with Gasteiger partial charge in [0.2, 0.25) is 5.91 Å². The van der Waals surface area contributed by atoms with Crippen LogP contribution in [0.1, 0.15) is 19.4 Å². The van der Waals surface area contributed by atoms with E-state index in [2.05, 4.69) is 16.7 Å². The molecule has 0 unspecified atom stereocenters. The van der Waals surface area contributed by atoms with Crippen molar-refractivity contribution in [2.45, 2.75) is 13.8 Å². The molecule has 1 amide bonds. The van der Waals surface area contributed by atoms with Crippen LogP contribution >= 0.6 is 0 Å². The summed E-state index contributed by atoms with van der Waals surface area (Å²) < 4.78 is 0. The van der Waals surface area contributed by atoms with Crippen LogP contribution in [-0.4, -0.2) is 19.5 Å². The van der Waals surface area contributed by atoms with Crippen LogP contribution in [0.25, 0.3) is 0 Å². The van der Waals surface area contributed by atoms with E-state index in [0.717, 1.165) is 0 Å². The van der Waals surface area contributed by atoms with Crippen molar-refractivity contribution in [3.05, 3.63) is 23.8 Å². The number of carbonyl (C=O) groups excluding carboxylic acids is 1. The summed E-state index contributed by atoms with van der Waals surface area (Å²) in [7, 11) is 1.61. The van der Waals surface area contributed by atoms with Gasteiger partial charge in [0.05, 0.1) is 16.7 Å². The highest BCUT2D eigenvalue weighted by molar-refractivity contribution is 5.82. The molecule has 1 aromatic rings. The first-order valence-corrected chi connectivity index (χ1v) is 5.66. The monoisotopic (exact) mass is 246 g/mol. The highest BCUT2D eigenvalue weighted by atomic mass is 16.2. The largest absolute Gasteiger partial charge is 0.399 e. The smallest absolute Gasteiger partial charge is 0.227 e. The van der Waals surface area contributed by atoms with E-state index in [-0.39, 0.29) is 5.91 Å². The second-order valence-corrected chi connectivity index (χ2v) is 4.73. The maximum absolute atomic E-state index is 11.6. The maximum Gasteiger partial charge on any atom is 0.227 e. The van der Waals surface area contributed by atoms with E-state index in [1.54, 1.807) is 25.2 Å². The number of nitrogens with zero attached hydrogens (tertiary/aromatic N) is 1. The Hall–Kier alpha value is -2.22. The number of carbonyl (C=O) groups is 1. The van der Waals surface area contributed by atoms with Gasteiger partial charge in [-0.25, -0.2) is 0 Å². The zero-order chi connectivity index (χ0) is 13.8. The number of nitrogen functional groups attached to an aromatic ring is 1. The maximum atomic E-state index is 11.6. The predicted molar refractivity (Wildman–Crippen MR) is 71.9 cm³/mol. The van der Waals surface area contributed by atoms with Gasteiger partial charge in [0.25, 0.3) is 0 Å². The van der Waals surface area contributed by atoms with Crippen molar-refractivity contribution in [3.8, 4) is 6.07 Å². The van der Waals surface area contributed by atoms with Gasteiger partial charge in [0.1, 0.15) is 6.07 Å². The molecule has 0 bridgehead atoms. The Morgan fingerprint density at radius 3 is 2.72 bits per heavy atom. The second-order valence-electron chi connectivity index (χ2n) is 4.73. The van der Waals surface area contributed by atoms with Gasteiger partial charge in [-0.15, -0.1) is 0 Å². The van der Waals surface area contributed by atoms with Gasteiger partial charge in [-0.1, -0.05) is 0 Å². The lowest BCUT2D eigenvalue weighted by Crippen LogP contribution is -2.39. The molecule has 0 aliphatic rings. The van der Waals surface area contributed by atoms with Crippen molar-refractivity contribution in [1.82, 2.24) is 5.32 Å². The average molecular weight is 246 g/mol. The van der Waals surface area contributed by atoms with Crippen LogP contribution in [-0.2, 0) is 4.79 Å². The number of nitriles is 1. The molecule has 0 aliphatic heterocycles. The second kappa shape index (κ2) is 5.41. The van der Waals surface area contributed by atoms with E-state index in [9.17, 15) is 4.79 Å². The summed E-state index contributed by atoms with van der Waals surface area (Å²) in [6.45, 7) is 4.11. The first kappa shape index (κ1) is 13.8. The minimum absolute atomic E-state index is 0.0519. The summed E-state index contributed by atoms with van der Waals surface area (Å²) in [5.74, 6) is -0.0519. The van der Waals surface area contributed by atoms with Crippen LogP contribution in [0.5, 0.6) is 0 Å². The highest BCUT2D eigenvalue weighted by Gasteiger charge is 2.26. The molecule has 4 N–H and O–H groups in total. The summed E-state index contributed by atoms with van der Waals surface area (Å²) in [6.07, 6.45) is 0. The first-order chi connectivity index (χ1) is 8.40. The van der Waals surface area contributed by atoms with Crippen molar-refractivity contribution in [3.63, 3.8) is 0 Å². The third-order valence-electron chi connectivity index (χ3n) is 2.73. The summed E-state index contributed by atoms with van der Waals surface area (Å²) in [4.78, 5) is 11.6. The van der Waals surface area contributed by atoms with Crippen LogP contribution in [0.4, 0.5) is 11.4 Å². The first-order valence-electron chi connectivity index (χ1n) is 5.66. The fraction of sp³-hybridized carbons (Fsp3) is 0.385. The standard InChI is InChI=1S/C13H18N4O/c1-13(2,12(18)16-3)8-17-11-5-4-10(15)6-9(11)7-14/h4-6,17H,8,15H2,1-3H3,(H,16,18). The van der Waals surface area contributed by atoms with Crippen molar-refractivity contribution in [1.29, 1.82) is 5.26 Å². The fourth-order valence-electron chi connectivity index (χ4n) is 1.54. The third kappa shape index (κ3) is 3.14. The molecule has 5 nitrogen and oxygen atoms in total. The third-order valence-corrected chi connectivity index (χ3v) is 2.73. The van der Waals surface area contributed by atoms with E-state index < -0.39 is 5.41 Å². The Balaban J connectivity index is 2.81. The molecule has 0 atom stereocenters. The lowest BCUT2D eigenvalue weighted by Gasteiger charge is -2.23. The molecule has 1 aromatic carbocycles. The Morgan fingerprint density at radius 2 is 2.17 bits per heavy atom. The number of rotatable bonds is 4. The van der Waals surface area contributed by atoms with Crippen molar-refractivity contribution in [2.75, 3.05) is 24.6 Å². The van der Waals surface area contributed by atoms with Gasteiger partial charge in [-0.2, -0.15) is 5.26 Å². The van der Waals surface area contributed by atoms with Crippen LogP contribution in [0.15, 0.2) is 18.2 Å². The van der Waals surface area contributed by atoms with Gasteiger partial charge in [0, 0.05) is 19.3 Å². The van der Waals surface area contributed by atoms with Gasteiger partial charge in [-0.05, 0) is 32.0 Å². The van der Waals surface area contributed by atoms with Crippen LogP contribution in [0.2, 0.25) is 0 Å². The molecule has 5 heteroatoms. The number of benzene rings is 1. The number of hydrogen-bond donors (Lipinski definition) is 3. The number of anilines is 2. The molecule has 1 rings (SSSR count). The molecule has 0 radical (unpaired) electrons. The molecular formula is C13H18N4O. The summed E-state index contributed by atoms with van der Waals surface area (Å²) in [5, 5.41) is 14.7. The van der Waals surface area contributed by atoms with E-state index in [1.165, 1.54) is 0 Å². The molecule has 0 spiro atoms. The number of nitrogens with one attached hydrogen (secondary N) is 2. The Bertz CT molecular complexity index is 488. The summed E-state index contributed by atoms with van der Waals surface area (Å²) >= 11 is 0. The Labute approximate surface area is 107 Å². The van der Waals surface area contributed by atoms with E-state index in [1.807, 2.05) is 13.8 Å². The van der Waals surface area contributed by atoms with Crippen molar-refractivity contribution < 1.29 is 4.79 Å². The highest BCUT2D eigenvalue weighted by Crippen LogP contribution is 2.21. The van der Waals surface area contributed by atoms with Gasteiger partial charge < -0.3 is 16.4 Å².